The Morgan fingerprint density at radius 2 is 1.75 bits per heavy atom. The predicted molar refractivity (Wildman–Crippen MR) is 186 cm³/mol. The van der Waals surface area contributed by atoms with Crippen molar-refractivity contribution >= 4 is 25.9 Å². The van der Waals surface area contributed by atoms with E-state index in [2.05, 4.69) is 14.9 Å². The summed E-state index contributed by atoms with van der Waals surface area (Å²) in [6.45, 7) is 6.73. The molecule has 0 amide bonds. The lowest BCUT2D eigenvalue weighted by molar-refractivity contribution is 0.134. The smallest absolute Gasteiger partial charge is 0.263 e. The van der Waals surface area contributed by atoms with Crippen LogP contribution in [-0.2, 0) is 50.7 Å². The van der Waals surface area contributed by atoms with Gasteiger partial charge in [0.1, 0.15) is 11.6 Å². The van der Waals surface area contributed by atoms with Crippen LogP contribution in [0.4, 0.5) is 5.82 Å². The lowest BCUT2D eigenvalue weighted by atomic mass is 9.97. The molecule has 0 unspecified atom stereocenters. The average molecular weight is 702 g/mol. The van der Waals surface area contributed by atoms with Crippen molar-refractivity contribution in [2.24, 2.45) is 0 Å². The number of nitrogens with zero attached hydrogens (tertiary/aromatic N) is 4. The van der Waals surface area contributed by atoms with E-state index >= 15 is 0 Å². The van der Waals surface area contributed by atoms with Gasteiger partial charge in [0.25, 0.3) is 15.6 Å². The molecular formula is C34H45N5O7S2. The summed E-state index contributed by atoms with van der Waals surface area (Å²) in [5, 5.41) is 3.84. The number of aryl methyl sites for hydroxylation is 3. The number of ether oxygens (including phenoxy) is 1. The van der Waals surface area contributed by atoms with Crippen molar-refractivity contribution in [3.05, 3.63) is 92.4 Å². The number of anilines is 1. The van der Waals surface area contributed by atoms with Crippen LogP contribution in [0, 0.1) is 20.8 Å². The van der Waals surface area contributed by atoms with E-state index in [4.69, 9.17) is 9.26 Å². The average Bonchev–Trinajstić information content (AvgIpc) is 3.37. The molecular weight excluding hydrogens is 655 g/mol. The van der Waals surface area contributed by atoms with Crippen LogP contribution in [0.25, 0.3) is 11.1 Å². The van der Waals surface area contributed by atoms with Crippen LogP contribution in [0.2, 0.25) is 0 Å². The number of benzene rings is 2. The van der Waals surface area contributed by atoms with Gasteiger partial charge in [0.05, 0.1) is 26.5 Å². The summed E-state index contributed by atoms with van der Waals surface area (Å²) in [7, 11) is -4.97. The number of sulfonamides is 2. The maximum atomic E-state index is 14.1. The third kappa shape index (κ3) is 8.41. The molecule has 0 aliphatic carbocycles. The highest BCUT2D eigenvalue weighted by Crippen LogP contribution is 2.33. The lowest BCUT2D eigenvalue weighted by Gasteiger charge is -2.19. The van der Waals surface area contributed by atoms with E-state index in [0.717, 1.165) is 15.3 Å². The highest BCUT2D eigenvalue weighted by Gasteiger charge is 2.24. The van der Waals surface area contributed by atoms with Crippen molar-refractivity contribution in [2.75, 3.05) is 31.2 Å². The molecule has 0 aliphatic heterocycles. The molecule has 260 valence electrons. The molecule has 14 heteroatoms. The molecule has 12 nitrogen and oxygen atoms in total. The maximum Gasteiger partial charge on any atom is 0.263 e. The van der Waals surface area contributed by atoms with Crippen LogP contribution in [0.15, 0.2) is 56.7 Å². The lowest BCUT2D eigenvalue weighted by Crippen LogP contribution is -2.33. The SMILES string of the molecule is [2H]C([2H])(c1ccc(-c2ccccc2S(=O)(=O)Nc2noc(C)c2C)c(COCC)c1)n1c(CCCC)nc(C)c(CCS(=O)(=O)N(C)C)c1=O. The summed E-state index contributed by atoms with van der Waals surface area (Å²) in [4.78, 5) is 18.7. The maximum absolute atomic E-state index is 14.1. The molecule has 0 saturated carbocycles. The first-order chi connectivity index (χ1) is 23.5. The second-order valence-electron chi connectivity index (χ2n) is 11.6. The third-order valence-electron chi connectivity index (χ3n) is 8.04. The number of aromatic nitrogens is 3. The first-order valence-corrected chi connectivity index (χ1v) is 18.8. The molecule has 0 spiro atoms. The fourth-order valence-electron chi connectivity index (χ4n) is 5.04. The number of nitrogens with one attached hydrogen (secondary N) is 1. The first kappa shape index (κ1) is 34.0. The quantitative estimate of drug-likeness (QED) is 0.170. The zero-order valence-electron chi connectivity index (χ0n) is 30.5. The molecule has 0 saturated heterocycles. The molecule has 0 atom stereocenters. The van der Waals surface area contributed by atoms with Crippen molar-refractivity contribution in [3.63, 3.8) is 0 Å². The van der Waals surface area contributed by atoms with Gasteiger partial charge in [-0.15, -0.1) is 0 Å². The monoisotopic (exact) mass is 701 g/mol. The molecule has 4 aromatic rings. The molecule has 0 bridgehead atoms. The van der Waals surface area contributed by atoms with Crippen LogP contribution in [0.3, 0.4) is 0 Å². The van der Waals surface area contributed by atoms with Gasteiger partial charge < -0.3 is 9.26 Å². The van der Waals surface area contributed by atoms with Crippen molar-refractivity contribution in [1.29, 1.82) is 0 Å². The van der Waals surface area contributed by atoms with Gasteiger partial charge in [-0.05, 0) is 63.3 Å². The van der Waals surface area contributed by atoms with E-state index in [9.17, 15) is 24.4 Å². The van der Waals surface area contributed by atoms with E-state index < -0.39 is 32.1 Å². The summed E-state index contributed by atoms with van der Waals surface area (Å²) in [6.07, 6.45) is 1.62. The largest absolute Gasteiger partial charge is 0.377 e. The molecule has 2 aromatic carbocycles. The summed E-state index contributed by atoms with van der Waals surface area (Å²) in [6, 6.07) is 11.1. The van der Waals surface area contributed by atoms with E-state index in [-0.39, 0.29) is 46.4 Å². The Bertz CT molecular complexity index is 2130. The Labute approximate surface area is 286 Å². The molecule has 0 radical (unpaired) electrons. The van der Waals surface area contributed by atoms with E-state index in [1.54, 1.807) is 51.1 Å². The number of rotatable bonds is 16. The van der Waals surface area contributed by atoms with Gasteiger partial charge in [0.15, 0.2) is 5.82 Å². The van der Waals surface area contributed by atoms with Gasteiger partial charge in [0, 0.05) is 49.5 Å². The highest BCUT2D eigenvalue weighted by molar-refractivity contribution is 7.92. The molecule has 2 aromatic heterocycles. The molecule has 48 heavy (non-hydrogen) atoms. The zero-order chi connectivity index (χ0) is 37.0. The van der Waals surface area contributed by atoms with Gasteiger partial charge in [-0.2, -0.15) is 0 Å². The topological polar surface area (TPSA) is 154 Å². The Balaban J connectivity index is 1.87. The van der Waals surface area contributed by atoms with Crippen LogP contribution in [-0.4, -0.2) is 62.3 Å². The molecule has 0 fully saturated rings. The standard InChI is InChI=1S/C34H45N5O7S2/c1-8-10-15-32-35-24(4)28(18-19-47(41,42)38(6)7)34(40)39(32)21-26-16-17-29(27(20-26)22-45-9-2)30-13-11-12-14-31(30)48(43,44)37-33-23(3)25(5)46-36-33/h11-14,16-17,20H,8-10,15,18-19,21-22H2,1-7H3,(H,36,37)/i21D2. The fourth-order valence-corrected chi connectivity index (χ4v) is 7.15. The Morgan fingerprint density at radius 1 is 1.02 bits per heavy atom. The fraction of sp³-hybridized carbons (Fsp3) is 0.441. The molecule has 4 rings (SSSR count). The van der Waals surface area contributed by atoms with Gasteiger partial charge in [0.2, 0.25) is 10.0 Å². The second kappa shape index (κ2) is 15.6. The minimum Gasteiger partial charge on any atom is -0.377 e. The number of hydrogen-bond acceptors (Lipinski definition) is 9. The summed E-state index contributed by atoms with van der Waals surface area (Å²) < 4.78 is 86.8. The molecule has 2 heterocycles. The van der Waals surface area contributed by atoms with E-state index in [1.807, 2.05) is 13.8 Å². The van der Waals surface area contributed by atoms with Gasteiger partial charge in [-0.3, -0.25) is 14.1 Å². The molecule has 0 aliphatic rings. The first-order valence-electron chi connectivity index (χ1n) is 16.7. The predicted octanol–water partition coefficient (Wildman–Crippen LogP) is 4.99. The Morgan fingerprint density at radius 3 is 2.40 bits per heavy atom. The van der Waals surface area contributed by atoms with Crippen LogP contribution in [0.1, 0.15) is 69.0 Å². The normalized spacial score (nSPS) is 13.1. The van der Waals surface area contributed by atoms with Gasteiger partial charge in [-0.25, -0.2) is 26.1 Å². The number of unbranched alkanes of at least 4 members (excludes halogenated alkanes) is 1. The second-order valence-corrected chi connectivity index (χ2v) is 15.6. The van der Waals surface area contributed by atoms with Crippen molar-refractivity contribution in [1.82, 2.24) is 19.0 Å². The van der Waals surface area contributed by atoms with Crippen molar-refractivity contribution < 1.29 is 28.8 Å². The van der Waals surface area contributed by atoms with Crippen LogP contribution < -0.4 is 10.3 Å². The minimum atomic E-state index is -4.16. The van der Waals surface area contributed by atoms with E-state index in [0.29, 0.717) is 53.2 Å². The summed E-state index contributed by atoms with van der Waals surface area (Å²) in [5.74, 6) is 0.459. The van der Waals surface area contributed by atoms with Crippen LogP contribution >= 0.6 is 0 Å². The van der Waals surface area contributed by atoms with Gasteiger partial charge >= 0.3 is 0 Å². The zero-order valence-corrected chi connectivity index (χ0v) is 30.1. The van der Waals surface area contributed by atoms with Gasteiger partial charge in [-0.1, -0.05) is 54.9 Å². The summed E-state index contributed by atoms with van der Waals surface area (Å²) >= 11 is 0. The minimum absolute atomic E-state index is 0.0243. The Hall–Kier alpha value is -3.85. The Kier molecular flexibility index (Phi) is 11.0. The summed E-state index contributed by atoms with van der Waals surface area (Å²) in [5.41, 5.74) is 1.82. The molecule has 1 N–H and O–H groups in total. The number of hydrogen-bond donors (Lipinski definition) is 1. The third-order valence-corrected chi connectivity index (χ3v) is 11.3. The highest BCUT2D eigenvalue weighted by atomic mass is 32.2. The van der Waals surface area contributed by atoms with E-state index in [1.165, 1.54) is 26.2 Å². The van der Waals surface area contributed by atoms with Crippen molar-refractivity contribution in [3.8, 4) is 11.1 Å². The van der Waals surface area contributed by atoms with Crippen LogP contribution in [0.5, 0.6) is 0 Å². The van der Waals surface area contributed by atoms with Crippen molar-refractivity contribution in [2.45, 2.75) is 78.3 Å².